The third kappa shape index (κ3) is 3.81. The van der Waals surface area contributed by atoms with Gasteiger partial charge in [0.15, 0.2) is 0 Å². The number of allylic oxidation sites excluding steroid dienone is 9. The van der Waals surface area contributed by atoms with Gasteiger partial charge in [0.2, 0.25) is 13.4 Å². The Bertz CT molecular complexity index is 2280. The van der Waals surface area contributed by atoms with Gasteiger partial charge in [-0.25, -0.2) is 0 Å². The molecular formula is C45H41B2NO. The molecule has 2 aliphatic heterocycles. The Morgan fingerprint density at radius 3 is 2.59 bits per heavy atom. The summed E-state index contributed by atoms with van der Waals surface area (Å²) >= 11 is 0. The van der Waals surface area contributed by atoms with Crippen molar-refractivity contribution < 1.29 is 4.42 Å². The molecule has 0 saturated carbocycles. The van der Waals surface area contributed by atoms with Gasteiger partial charge in [0, 0.05) is 34.2 Å². The van der Waals surface area contributed by atoms with Crippen LogP contribution in [0.5, 0.6) is 0 Å². The van der Waals surface area contributed by atoms with E-state index in [1.54, 1.807) is 11.0 Å². The molecule has 11 rings (SSSR count). The van der Waals surface area contributed by atoms with Crippen molar-refractivity contribution in [2.45, 2.75) is 69.6 Å². The largest absolute Gasteiger partial charge is 0.461 e. The van der Waals surface area contributed by atoms with E-state index in [-0.39, 0.29) is 24.9 Å². The number of rotatable bonds is 2. The molecule has 0 N–H and O–H groups in total. The molecule has 5 aliphatic carbocycles. The van der Waals surface area contributed by atoms with E-state index in [0.29, 0.717) is 17.7 Å². The summed E-state index contributed by atoms with van der Waals surface area (Å²) in [5.41, 5.74) is 16.0. The maximum Gasteiger partial charge on any atom is 0.246 e. The molecule has 5 unspecified atom stereocenters. The van der Waals surface area contributed by atoms with Gasteiger partial charge in [-0.1, -0.05) is 140 Å². The maximum absolute atomic E-state index is 6.91. The minimum absolute atomic E-state index is 0.0645. The summed E-state index contributed by atoms with van der Waals surface area (Å²) in [5, 5.41) is 1.34. The molecule has 3 aromatic carbocycles. The topological polar surface area (TPSA) is 16.4 Å². The molecule has 4 heteroatoms. The molecule has 5 atom stereocenters. The van der Waals surface area contributed by atoms with Crippen LogP contribution in [0.25, 0.3) is 11.0 Å². The average molecular weight is 633 g/mol. The Kier molecular flexibility index (Phi) is 5.97. The van der Waals surface area contributed by atoms with Crippen LogP contribution in [0.1, 0.15) is 55.6 Å². The third-order valence-corrected chi connectivity index (χ3v) is 13.5. The van der Waals surface area contributed by atoms with E-state index < -0.39 is 0 Å². The average Bonchev–Trinajstić information content (AvgIpc) is 3.66. The van der Waals surface area contributed by atoms with Gasteiger partial charge in [0.1, 0.15) is 11.3 Å². The zero-order chi connectivity index (χ0) is 32.4. The number of hydrogen-bond acceptors (Lipinski definition) is 2. The Balaban J connectivity index is 1.16. The van der Waals surface area contributed by atoms with Crippen LogP contribution < -0.4 is 26.8 Å². The van der Waals surface area contributed by atoms with Crippen LogP contribution in [0.4, 0.5) is 5.69 Å². The van der Waals surface area contributed by atoms with Gasteiger partial charge in [-0.3, -0.25) is 0 Å². The van der Waals surface area contributed by atoms with E-state index in [9.17, 15) is 0 Å². The van der Waals surface area contributed by atoms with Crippen molar-refractivity contribution in [1.82, 2.24) is 0 Å². The highest BCUT2D eigenvalue weighted by Gasteiger charge is 2.51. The predicted molar refractivity (Wildman–Crippen MR) is 207 cm³/mol. The molecule has 238 valence electrons. The maximum atomic E-state index is 6.91. The third-order valence-electron chi connectivity index (χ3n) is 13.5. The highest BCUT2D eigenvalue weighted by molar-refractivity contribution is 6.96. The Hall–Kier alpha value is -4.43. The number of benzene rings is 3. The minimum atomic E-state index is 0.0645. The first-order valence-corrected chi connectivity index (χ1v) is 18.8. The van der Waals surface area contributed by atoms with Crippen molar-refractivity contribution in [3.8, 4) is 0 Å². The first-order valence-electron chi connectivity index (χ1n) is 18.8. The quantitative estimate of drug-likeness (QED) is 0.218. The number of aryl methyl sites for hydroxylation is 1. The van der Waals surface area contributed by atoms with E-state index in [1.807, 2.05) is 0 Å². The molecule has 0 saturated heterocycles. The summed E-state index contributed by atoms with van der Waals surface area (Å²) < 4.78 is 6.91. The molecule has 0 bridgehead atoms. The van der Waals surface area contributed by atoms with E-state index in [4.69, 9.17) is 4.42 Å². The Morgan fingerprint density at radius 1 is 0.816 bits per heavy atom. The normalized spacial score (nSPS) is 28.4. The first kappa shape index (κ1) is 28.4. The monoisotopic (exact) mass is 633 g/mol. The van der Waals surface area contributed by atoms with E-state index >= 15 is 0 Å². The fourth-order valence-electron chi connectivity index (χ4n) is 11.2. The number of hydrogen-bond donors (Lipinski definition) is 0. The minimum Gasteiger partial charge on any atom is -0.461 e. The second kappa shape index (κ2) is 10.3. The van der Waals surface area contributed by atoms with Gasteiger partial charge in [-0.15, -0.1) is 0 Å². The zero-order valence-corrected chi connectivity index (χ0v) is 28.5. The van der Waals surface area contributed by atoms with E-state index in [1.165, 1.54) is 61.9 Å². The van der Waals surface area contributed by atoms with Gasteiger partial charge < -0.3 is 9.32 Å². The van der Waals surface area contributed by atoms with Crippen molar-refractivity contribution in [1.29, 1.82) is 0 Å². The predicted octanol–water partition coefficient (Wildman–Crippen LogP) is 7.17. The van der Waals surface area contributed by atoms with Crippen molar-refractivity contribution in [2.24, 2.45) is 11.8 Å². The second-order valence-electron chi connectivity index (χ2n) is 16.0. The SMILES string of the molecule is CC1CCc2oc3c(B4C5=C(C=CCC5)N5c6c4cccc6B(c4cccc6c4CC4C=CC=CC64C)C4C=CC=CC45)cccc3c2C1. The van der Waals surface area contributed by atoms with E-state index in [2.05, 4.69) is 134 Å². The van der Waals surface area contributed by atoms with Crippen molar-refractivity contribution >= 4 is 51.9 Å². The summed E-state index contributed by atoms with van der Waals surface area (Å²) in [7, 11) is 0. The molecule has 2 nitrogen and oxygen atoms in total. The lowest BCUT2D eigenvalue weighted by Gasteiger charge is -2.51. The highest BCUT2D eigenvalue weighted by atomic mass is 16.3. The van der Waals surface area contributed by atoms with Gasteiger partial charge >= 0.3 is 0 Å². The summed E-state index contributed by atoms with van der Waals surface area (Å²) in [4.78, 5) is 2.75. The van der Waals surface area contributed by atoms with Crippen LogP contribution in [-0.2, 0) is 24.7 Å². The smallest absolute Gasteiger partial charge is 0.246 e. The van der Waals surface area contributed by atoms with E-state index in [0.717, 1.165) is 37.7 Å². The van der Waals surface area contributed by atoms with Crippen LogP contribution in [0.15, 0.2) is 131 Å². The van der Waals surface area contributed by atoms with Crippen LogP contribution in [-0.4, -0.2) is 19.5 Å². The number of para-hydroxylation sites is 2. The van der Waals surface area contributed by atoms with Gasteiger partial charge in [-0.2, -0.15) is 0 Å². The lowest BCUT2D eigenvalue weighted by molar-refractivity contribution is 0.439. The number of nitrogens with zero attached hydrogens (tertiary/aromatic N) is 1. The summed E-state index contributed by atoms with van der Waals surface area (Å²) in [5.74, 6) is 2.80. The molecular weight excluding hydrogens is 592 g/mol. The van der Waals surface area contributed by atoms with Gasteiger partial charge in [0.05, 0.1) is 6.04 Å². The lowest BCUT2D eigenvalue weighted by Crippen LogP contribution is -2.65. The van der Waals surface area contributed by atoms with Crippen LogP contribution >= 0.6 is 0 Å². The zero-order valence-electron chi connectivity index (χ0n) is 28.5. The fraction of sp³-hybridized carbons (Fsp3) is 0.289. The molecule has 3 heterocycles. The van der Waals surface area contributed by atoms with Crippen LogP contribution in [0, 0.1) is 11.8 Å². The van der Waals surface area contributed by atoms with Crippen LogP contribution in [0.2, 0.25) is 5.82 Å². The molecule has 4 aromatic rings. The second-order valence-corrected chi connectivity index (χ2v) is 16.0. The molecule has 49 heavy (non-hydrogen) atoms. The molecule has 7 aliphatic rings. The highest BCUT2D eigenvalue weighted by Crippen LogP contribution is 2.48. The summed E-state index contributed by atoms with van der Waals surface area (Å²) in [6, 6.07) is 21.8. The molecule has 1 aromatic heterocycles. The lowest BCUT2D eigenvalue weighted by atomic mass is 9.27. The Morgan fingerprint density at radius 2 is 1.63 bits per heavy atom. The summed E-state index contributed by atoms with van der Waals surface area (Å²) in [6.07, 6.45) is 30.6. The molecule has 0 amide bonds. The van der Waals surface area contributed by atoms with Crippen molar-refractivity contribution in [2.75, 3.05) is 4.90 Å². The van der Waals surface area contributed by atoms with Gasteiger partial charge in [0.25, 0.3) is 0 Å². The van der Waals surface area contributed by atoms with Crippen molar-refractivity contribution in [3.63, 3.8) is 0 Å². The fourth-order valence-corrected chi connectivity index (χ4v) is 11.2. The molecule has 0 spiro atoms. The number of anilines is 1. The standard InChI is InChI=1S/C45H41B2NO/c1-28-23-24-42-31(26-28)30-13-9-20-39(44(30)49-42)47-36-16-4-6-22-41(36)48-40-21-5-3-15-35(40)46(37-18-11-19-38(47)43(37)48)34-17-10-14-33-32(34)27-29-12-7-8-25-45(29,33)2/h3,5-15,17-22,25,28-29,35,40H,4,16,23-24,26-27H2,1-2H3. The molecule has 0 radical (unpaired) electrons. The summed E-state index contributed by atoms with van der Waals surface area (Å²) in [6.45, 7) is 5.31. The van der Waals surface area contributed by atoms with Crippen LogP contribution in [0.3, 0.4) is 0 Å². The number of fused-ring (bicyclic) bond motifs is 9. The molecule has 0 fully saturated rings. The first-order chi connectivity index (χ1) is 24.1. The van der Waals surface area contributed by atoms with Crippen molar-refractivity contribution in [3.05, 3.63) is 149 Å². The Labute approximate surface area is 290 Å². The number of furan rings is 1. The van der Waals surface area contributed by atoms with Gasteiger partial charge in [-0.05, 0) is 77.9 Å².